The lowest BCUT2D eigenvalue weighted by Gasteiger charge is -2.03. The molecule has 1 atom stereocenters. The molecule has 0 saturated heterocycles. The molecule has 70 valence electrons. The lowest BCUT2D eigenvalue weighted by atomic mass is 10.0. The molecule has 0 rings (SSSR count). The normalized spacial score (nSPS) is 13.5. The van der Waals surface area contributed by atoms with Crippen molar-refractivity contribution in [3.8, 4) is 0 Å². The van der Waals surface area contributed by atoms with Crippen molar-refractivity contribution in [3.63, 3.8) is 0 Å². The number of hydrogen-bond donors (Lipinski definition) is 1. The second-order valence-electron chi connectivity index (χ2n) is 2.98. The second-order valence-corrected chi connectivity index (χ2v) is 2.98. The average molecular weight is 168 g/mol. The Morgan fingerprint density at radius 3 is 2.75 bits per heavy atom. The van der Waals surface area contributed by atoms with Crippen molar-refractivity contribution in [3.05, 3.63) is 24.8 Å². The van der Waals surface area contributed by atoms with Gasteiger partial charge in [0.1, 0.15) is 0 Å². The zero-order valence-electron chi connectivity index (χ0n) is 8.00. The highest BCUT2D eigenvalue weighted by atomic mass is 16.2. The minimum atomic E-state index is 0.289. The number of aliphatic hydroxyl groups excluding tert-OH is 1. The van der Waals surface area contributed by atoms with Crippen molar-refractivity contribution in [1.82, 2.24) is 0 Å². The van der Waals surface area contributed by atoms with E-state index < -0.39 is 0 Å². The van der Waals surface area contributed by atoms with E-state index in [9.17, 15) is 0 Å². The molecule has 1 unspecified atom stereocenters. The minimum absolute atomic E-state index is 0.289. The number of rotatable bonds is 7. The summed E-state index contributed by atoms with van der Waals surface area (Å²) in [6.45, 7) is 6.25. The fourth-order valence-electron chi connectivity index (χ4n) is 1.11. The molecule has 0 amide bonds. The molecular weight excluding hydrogens is 148 g/mol. The Bertz CT molecular complexity index is 127. The predicted octanol–water partition coefficient (Wildman–Crippen LogP) is 2.92. The molecule has 0 aliphatic carbocycles. The van der Waals surface area contributed by atoms with Crippen molar-refractivity contribution in [2.75, 3.05) is 6.61 Å². The van der Waals surface area contributed by atoms with E-state index >= 15 is 0 Å². The highest BCUT2D eigenvalue weighted by Gasteiger charge is 1.95. The van der Waals surface area contributed by atoms with Gasteiger partial charge in [-0.25, -0.2) is 0 Å². The van der Waals surface area contributed by atoms with Gasteiger partial charge >= 0.3 is 0 Å². The molecule has 1 N–H and O–H groups in total. The Balaban J connectivity index is 3.53. The van der Waals surface area contributed by atoms with Crippen LogP contribution in [0.3, 0.4) is 0 Å². The van der Waals surface area contributed by atoms with Gasteiger partial charge in [0.15, 0.2) is 0 Å². The number of aliphatic hydroxyl groups is 1. The van der Waals surface area contributed by atoms with E-state index in [-0.39, 0.29) is 6.61 Å². The summed E-state index contributed by atoms with van der Waals surface area (Å²) in [4.78, 5) is 0. The lowest BCUT2D eigenvalue weighted by Crippen LogP contribution is -1.89. The van der Waals surface area contributed by atoms with Crippen LogP contribution < -0.4 is 0 Å². The van der Waals surface area contributed by atoms with Crippen LogP contribution in [0.15, 0.2) is 24.8 Å². The molecule has 0 aliphatic rings. The molecule has 1 heteroatoms. The Labute approximate surface area is 75.8 Å². The van der Waals surface area contributed by atoms with Crippen LogP contribution in [0, 0.1) is 5.92 Å². The van der Waals surface area contributed by atoms with Gasteiger partial charge in [-0.15, -0.1) is 6.58 Å². The highest BCUT2D eigenvalue weighted by Crippen LogP contribution is 2.09. The van der Waals surface area contributed by atoms with Gasteiger partial charge in [0.2, 0.25) is 0 Å². The molecule has 0 radical (unpaired) electrons. The first-order valence-corrected chi connectivity index (χ1v) is 4.75. The van der Waals surface area contributed by atoms with Crippen LogP contribution in [0.4, 0.5) is 0 Å². The van der Waals surface area contributed by atoms with E-state index in [1.165, 1.54) is 12.8 Å². The Hall–Kier alpha value is -0.560. The molecule has 0 fully saturated rings. The smallest absolute Gasteiger partial charge is 0.0433 e. The van der Waals surface area contributed by atoms with E-state index in [0.29, 0.717) is 5.92 Å². The zero-order valence-corrected chi connectivity index (χ0v) is 8.00. The van der Waals surface area contributed by atoms with Crippen molar-refractivity contribution in [2.24, 2.45) is 5.92 Å². The van der Waals surface area contributed by atoms with Gasteiger partial charge in [0, 0.05) is 6.61 Å². The third-order valence-electron chi connectivity index (χ3n) is 1.84. The monoisotopic (exact) mass is 168 g/mol. The molecule has 1 nitrogen and oxygen atoms in total. The standard InChI is InChI=1S/C11H20O/c1-3-8-11(4-2)9-6-5-7-10-12/h4,6,9,11-12H,2-3,5,7-8,10H2,1H3/b9-6+. The van der Waals surface area contributed by atoms with E-state index in [1.807, 2.05) is 6.08 Å². The molecule has 0 aliphatic heterocycles. The van der Waals surface area contributed by atoms with Gasteiger partial charge in [-0.3, -0.25) is 0 Å². The predicted molar refractivity (Wildman–Crippen MR) is 54.1 cm³/mol. The van der Waals surface area contributed by atoms with Crippen LogP contribution in [0.2, 0.25) is 0 Å². The van der Waals surface area contributed by atoms with Crippen molar-refractivity contribution in [1.29, 1.82) is 0 Å². The van der Waals surface area contributed by atoms with E-state index in [2.05, 4.69) is 25.7 Å². The maximum absolute atomic E-state index is 8.54. The molecule has 0 aromatic rings. The van der Waals surface area contributed by atoms with E-state index in [0.717, 1.165) is 12.8 Å². The third-order valence-corrected chi connectivity index (χ3v) is 1.84. The minimum Gasteiger partial charge on any atom is -0.396 e. The summed E-state index contributed by atoms with van der Waals surface area (Å²) in [5, 5.41) is 8.54. The maximum atomic E-state index is 8.54. The largest absolute Gasteiger partial charge is 0.396 e. The van der Waals surface area contributed by atoms with Crippen LogP contribution >= 0.6 is 0 Å². The number of unbranched alkanes of at least 4 members (excludes halogenated alkanes) is 1. The molecule has 12 heavy (non-hydrogen) atoms. The van der Waals surface area contributed by atoms with Gasteiger partial charge in [0.05, 0.1) is 0 Å². The topological polar surface area (TPSA) is 20.2 Å². The van der Waals surface area contributed by atoms with Crippen LogP contribution in [-0.2, 0) is 0 Å². The van der Waals surface area contributed by atoms with Crippen molar-refractivity contribution < 1.29 is 5.11 Å². The molecular formula is C11H20O. The third kappa shape index (κ3) is 6.17. The Kier molecular flexibility index (Phi) is 8.14. The molecule has 0 bridgehead atoms. The number of allylic oxidation sites excluding steroid dienone is 3. The van der Waals surface area contributed by atoms with Crippen molar-refractivity contribution >= 4 is 0 Å². The van der Waals surface area contributed by atoms with Crippen LogP contribution in [0.5, 0.6) is 0 Å². The van der Waals surface area contributed by atoms with Crippen LogP contribution in [-0.4, -0.2) is 11.7 Å². The van der Waals surface area contributed by atoms with E-state index in [1.54, 1.807) is 0 Å². The van der Waals surface area contributed by atoms with Gasteiger partial charge in [0.25, 0.3) is 0 Å². The Morgan fingerprint density at radius 2 is 2.25 bits per heavy atom. The number of hydrogen-bond acceptors (Lipinski definition) is 1. The quantitative estimate of drug-likeness (QED) is 0.458. The fraction of sp³-hybridized carbons (Fsp3) is 0.636. The molecule has 0 aromatic heterocycles. The lowest BCUT2D eigenvalue weighted by molar-refractivity contribution is 0.289. The first kappa shape index (κ1) is 11.4. The summed E-state index contributed by atoms with van der Waals surface area (Å²) in [7, 11) is 0. The maximum Gasteiger partial charge on any atom is 0.0433 e. The van der Waals surface area contributed by atoms with Crippen molar-refractivity contribution in [2.45, 2.75) is 32.6 Å². The summed E-state index contributed by atoms with van der Waals surface area (Å²) in [6, 6.07) is 0. The van der Waals surface area contributed by atoms with Crippen LogP contribution in [0.1, 0.15) is 32.6 Å². The summed E-state index contributed by atoms with van der Waals surface area (Å²) in [5.41, 5.74) is 0. The molecule has 0 saturated carbocycles. The first-order chi connectivity index (χ1) is 5.85. The summed E-state index contributed by atoms with van der Waals surface area (Å²) in [5.74, 6) is 0.522. The van der Waals surface area contributed by atoms with Gasteiger partial charge in [-0.1, -0.05) is 31.6 Å². The summed E-state index contributed by atoms with van der Waals surface area (Å²) >= 11 is 0. The molecule has 0 heterocycles. The first-order valence-electron chi connectivity index (χ1n) is 4.75. The van der Waals surface area contributed by atoms with Gasteiger partial charge < -0.3 is 5.11 Å². The zero-order chi connectivity index (χ0) is 9.23. The second kappa shape index (κ2) is 8.54. The van der Waals surface area contributed by atoms with E-state index in [4.69, 9.17) is 5.11 Å². The molecule has 0 spiro atoms. The Morgan fingerprint density at radius 1 is 1.50 bits per heavy atom. The highest BCUT2D eigenvalue weighted by molar-refractivity contribution is 4.96. The van der Waals surface area contributed by atoms with Gasteiger partial charge in [-0.05, 0) is 25.2 Å². The molecule has 0 aromatic carbocycles. The van der Waals surface area contributed by atoms with Gasteiger partial charge in [-0.2, -0.15) is 0 Å². The van der Waals surface area contributed by atoms with Crippen LogP contribution in [0.25, 0.3) is 0 Å². The fourth-order valence-corrected chi connectivity index (χ4v) is 1.11. The summed E-state index contributed by atoms with van der Waals surface area (Å²) in [6.07, 6.45) is 10.5. The SMILES string of the molecule is C=CC(/C=C/CCCO)CCC. The summed E-state index contributed by atoms with van der Waals surface area (Å²) < 4.78 is 0. The average Bonchev–Trinajstić information content (AvgIpc) is 2.10.